The minimum atomic E-state index is -0.803. The maximum Gasteiger partial charge on any atom is 0.248 e. The van der Waals surface area contributed by atoms with Crippen LogP contribution < -0.4 is 4.90 Å². The van der Waals surface area contributed by atoms with E-state index in [2.05, 4.69) is 9.88 Å². The van der Waals surface area contributed by atoms with Gasteiger partial charge in [0, 0.05) is 45.1 Å². The number of aromatic nitrogens is 1. The number of anilines is 1. The molecule has 2 aromatic rings. The highest BCUT2D eigenvalue weighted by molar-refractivity contribution is 7.22. The minimum Gasteiger partial charge on any atom is -0.379 e. The van der Waals surface area contributed by atoms with Crippen LogP contribution in [0.25, 0.3) is 10.2 Å². The second kappa shape index (κ2) is 9.33. The number of likely N-dealkylation sites (tertiary alicyclic amines) is 1. The molecule has 0 bridgehead atoms. The number of thiazole rings is 1. The van der Waals surface area contributed by atoms with Gasteiger partial charge in [0.15, 0.2) is 10.9 Å². The number of benzene rings is 1. The summed E-state index contributed by atoms with van der Waals surface area (Å²) in [7, 11) is 0. The van der Waals surface area contributed by atoms with E-state index in [0.717, 1.165) is 41.9 Å². The van der Waals surface area contributed by atoms with Crippen LogP contribution in [-0.4, -0.2) is 78.4 Å². The van der Waals surface area contributed by atoms with E-state index in [0.29, 0.717) is 19.6 Å². The molecule has 0 N–H and O–H groups in total. The van der Waals surface area contributed by atoms with Crippen molar-refractivity contribution in [3.63, 3.8) is 0 Å². The van der Waals surface area contributed by atoms with Crippen LogP contribution in [0.5, 0.6) is 0 Å². The normalized spacial score (nSPS) is 17.7. The van der Waals surface area contributed by atoms with Crippen LogP contribution in [0.2, 0.25) is 0 Å². The zero-order valence-corrected chi connectivity index (χ0v) is 17.6. The van der Waals surface area contributed by atoms with Gasteiger partial charge >= 0.3 is 0 Å². The fourth-order valence-corrected chi connectivity index (χ4v) is 4.73. The molecule has 0 unspecified atom stereocenters. The lowest BCUT2D eigenvalue weighted by molar-refractivity contribution is -0.141. The van der Waals surface area contributed by atoms with Crippen molar-refractivity contribution in [3.05, 3.63) is 23.8 Å². The molecule has 2 fully saturated rings. The van der Waals surface area contributed by atoms with E-state index in [9.17, 15) is 23.2 Å². The number of halogens is 2. The van der Waals surface area contributed by atoms with Crippen molar-refractivity contribution in [1.29, 1.82) is 0 Å². The van der Waals surface area contributed by atoms with Crippen LogP contribution in [0.3, 0.4) is 0 Å². The second-order valence-electron chi connectivity index (χ2n) is 7.46. The predicted octanol–water partition coefficient (Wildman–Crippen LogP) is 1.78. The maximum atomic E-state index is 14.1. The molecule has 0 spiro atoms. The van der Waals surface area contributed by atoms with E-state index in [4.69, 9.17) is 4.74 Å². The third-order valence-electron chi connectivity index (χ3n) is 5.34. The van der Waals surface area contributed by atoms with Gasteiger partial charge in [0.2, 0.25) is 17.7 Å². The van der Waals surface area contributed by atoms with Crippen LogP contribution in [0, 0.1) is 11.6 Å². The number of nitrogens with zero attached hydrogens (tertiary/aromatic N) is 4. The molecule has 2 aliphatic rings. The standard InChI is InChI=1S/C20H22F2N4O4S/c21-13-10-14(22)19-15(11-13)31-20(23-19)25(5-1-4-24-6-8-30-9-7-24)18(29)12-26-16(27)2-3-17(26)28/h10-11H,1-9,12H2. The lowest BCUT2D eigenvalue weighted by atomic mass is 10.3. The van der Waals surface area contributed by atoms with Crippen molar-refractivity contribution in [2.45, 2.75) is 19.3 Å². The largest absolute Gasteiger partial charge is 0.379 e. The summed E-state index contributed by atoms with van der Waals surface area (Å²) in [5.74, 6) is -2.78. The quantitative estimate of drug-likeness (QED) is 0.596. The number of fused-ring (bicyclic) bond motifs is 1. The molecule has 1 aromatic heterocycles. The number of ether oxygens (including phenoxy) is 1. The van der Waals surface area contributed by atoms with E-state index in [1.54, 1.807) is 0 Å². The van der Waals surface area contributed by atoms with Gasteiger partial charge in [-0.2, -0.15) is 0 Å². The number of carbonyl (C=O) groups excluding carboxylic acids is 3. The average molecular weight is 452 g/mol. The van der Waals surface area contributed by atoms with Crippen molar-refractivity contribution >= 4 is 44.4 Å². The fourth-order valence-electron chi connectivity index (χ4n) is 3.69. The lowest BCUT2D eigenvalue weighted by Crippen LogP contribution is -2.44. The summed E-state index contributed by atoms with van der Waals surface area (Å²) in [5, 5.41) is 0.213. The van der Waals surface area contributed by atoms with Gasteiger partial charge < -0.3 is 4.74 Å². The van der Waals surface area contributed by atoms with E-state index < -0.39 is 17.5 Å². The third-order valence-corrected chi connectivity index (χ3v) is 6.37. The highest BCUT2D eigenvalue weighted by atomic mass is 32.1. The van der Waals surface area contributed by atoms with Gasteiger partial charge in [-0.05, 0) is 12.5 Å². The molecule has 1 aromatic carbocycles. The summed E-state index contributed by atoms with van der Waals surface area (Å²) in [4.78, 5) is 45.7. The molecule has 8 nitrogen and oxygen atoms in total. The molecule has 3 amide bonds. The summed E-state index contributed by atoms with van der Waals surface area (Å²) in [6.07, 6.45) is 0.796. The zero-order valence-electron chi connectivity index (χ0n) is 16.8. The van der Waals surface area contributed by atoms with Gasteiger partial charge in [-0.3, -0.25) is 29.1 Å². The molecule has 11 heteroatoms. The van der Waals surface area contributed by atoms with Gasteiger partial charge in [-0.15, -0.1) is 0 Å². The van der Waals surface area contributed by atoms with Gasteiger partial charge in [-0.25, -0.2) is 13.8 Å². The Morgan fingerprint density at radius 1 is 1.16 bits per heavy atom. The fraction of sp³-hybridized carbons (Fsp3) is 0.500. The molecule has 3 heterocycles. The molecule has 31 heavy (non-hydrogen) atoms. The lowest BCUT2D eigenvalue weighted by Gasteiger charge is -2.28. The Balaban J connectivity index is 1.54. The molecule has 0 aliphatic carbocycles. The zero-order chi connectivity index (χ0) is 22.0. The molecule has 0 atom stereocenters. The van der Waals surface area contributed by atoms with Crippen LogP contribution in [-0.2, 0) is 19.1 Å². The first-order chi connectivity index (χ1) is 14.9. The Labute approximate surface area is 181 Å². The van der Waals surface area contributed by atoms with E-state index >= 15 is 0 Å². The number of hydrogen-bond donors (Lipinski definition) is 0. The Kier molecular flexibility index (Phi) is 6.54. The summed E-state index contributed by atoms with van der Waals surface area (Å²) in [6.45, 7) is 3.53. The monoisotopic (exact) mass is 452 g/mol. The van der Waals surface area contributed by atoms with Crippen LogP contribution in [0.1, 0.15) is 19.3 Å². The molecule has 2 aliphatic heterocycles. The van der Waals surface area contributed by atoms with E-state index in [-0.39, 0.29) is 53.1 Å². The molecular formula is C20H22F2N4O4S. The molecule has 0 saturated carbocycles. The van der Waals surface area contributed by atoms with Gasteiger partial charge in [0.1, 0.15) is 17.9 Å². The molecule has 4 rings (SSSR count). The molecule has 2 saturated heterocycles. The minimum absolute atomic E-state index is 0.0132. The number of morpholine rings is 1. The van der Waals surface area contributed by atoms with E-state index in [1.165, 1.54) is 11.0 Å². The van der Waals surface area contributed by atoms with Crippen molar-refractivity contribution in [2.75, 3.05) is 50.8 Å². The first kappa shape index (κ1) is 21.7. The van der Waals surface area contributed by atoms with Gasteiger partial charge in [0.05, 0.1) is 17.9 Å². The number of carbonyl (C=O) groups is 3. The summed E-state index contributed by atoms with van der Waals surface area (Å²) >= 11 is 1.000. The Bertz CT molecular complexity index is 992. The molecule has 0 radical (unpaired) electrons. The number of rotatable bonds is 7. The number of hydrogen-bond acceptors (Lipinski definition) is 7. The van der Waals surface area contributed by atoms with Crippen LogP contribution in [0.15, 0.2) is 12.1 Å². The highest BCUT2D eigenvalue weighted by Crippen LogP contribution is 2.31. The topological polar surface area (TPSA) is 83.1 Å². The Morgan fingerprint density at radius 3 is 2.58 bits per heavy atom. The van der Waals surface area contributed by atoms with Gasteiger partial charge in [-0.1, -0.05) is 11.3 Å². The number of amides is 3. The Morgan fingerprint density at radius 2 is 1.87 bits per heavy atom. The van der Waals surface area contributed by atoms with Crippen LogP contribution in [0.4, 0.5) is 13.9 Å². The van der Waals surface area contributed by atoms with Crippen molar-refractivity contribution < 1.29 is 27.9 Å². The third kappa shape index (κ3) is 4.89. The second-order valence-corrected chi connectivity index (χ2v) is 8.47. The first-order valence-electron chi connectivity index (χ1n) is 10.1. The maximum absolute atomic E-state index is 14.1. The molecular weight excluding hydrogens is 430 g/mol. The van der Waals surface area contributed by atoms with Crippen LogP contribution >= 0.6 is 11.3 Å². The predicted molar refractivity (Wildman–Crippen MR) is 110 cm³/mol. The molecule has 166 valence electrons. The average Bonchev–Trinajstić information content (AvgIpc) is 3.30. The SMILES string of the molecule is O=C1CCC(=O)N1CC(=O)N(CCCN1CCOCC1)c1nc2c(F)cc(F)cc2s1. The van der Waals surface area contributed by atoms with Gasteiger partial charge in [0.25, 0.3) is 0 Å². The smallest absolute Gasteiger partial charge is 0.248 e. The first-order valence-corrected chi connectivity index (χ1v) is 10.9. The van der Waals surface area contributed by atoms with Crippen molar-refractivity contribution in [3.8, 4) is 0 Å². The summed E-state index contributed by atoms with van der Waals surface area (Å²) in [5.41, 5.74) is -0.0132. The summed E-state index contributed by atoms with van der Waals surface area (Å²) < 4.78 is 33.3. The Hall–Kier alpha value is -2.50. The number of imide groups is 1. The summed E-state index contributed by atoms with van der Waals surface area (Å²) in [6, 6.07) is 1.92. The van der Waals surface area contributed by atoms with Crippen molar-refractivity contribution in [1.82, 2.24) is 14.8 Å². The highest BCUT2D eigenvalue weighted by Gasteiger charge is 2.33. The van der Waals surface area contributed by atoms with E-state index in [1.807, 2.05) is 0 Å². The van der Waals surface area contributed by atoms with Crippen molar-refractivity contribution in [2.24, 2.45) is 0 Å².